The van der Waals surface area contributed by atoms with Gasteiger partial charge in [-0.1, -0.05) is 0 Å². The second-order valence-corrected chi connectivity index (χ2v) is 3.47. The van der Waals surface area contributed by atoms with E-state index in [1.54, 1.807) is 6.07 Å². The Hall–Kier alpha value is -1.10. The lowest BCUT2D eigenvalue weighted by atomic mass is 10.0. The molecule has 0 aromatic carbocycles. The highest BCUT2D eigenvalue weighted by Crippen LogP contribution is 2.11. The molecule has 2 aromatic heterocycles. The molecular formula is C8H4BBrN2O. The number of rotatable bonds is 0. The van der Waals surface area contributed by atoms with Gasteiger partial charge in [0.2, 0.25) is 5.56 Å². The summed E-state index contributed by atoms with van der Waals surface area (Å²) < 4.78 is 0.729. The van der Waals surface area contributed by atoms with E-state index in [9.17, 15) is 4.79 Å². The first-order chi connectivity index (χ1) is 6.16. The van der Waals surface area contributed by atoms with Crippen LogP contribution in [0, 0.1) is 0 Å². The lowest BCUT2D eigenvalue weighted by Gasteiger charge is -2.00. The first-order valence-corrected chi connectivity index (χ1v) is 4.41. The highest BCUT2D eigenvalue weighted by Gasteiger charge is 1.99. The number of nitrogens with one attached hydrogen (secondary N) is 1. The maximum absolute atomic E-state index is 10.9. The largest absolute Gasteiger partial charge is 0.307 e. The van der Waals surface area contributed by atoms with E-state index < -0.39 is 0 Å². The number of H-pyrrole nitrogens is 1. The van der Waals surface area contributed by atoms with E-state index in [1.807, 2.05) is 6.07 Å². The summed E-state index contributed by atoms with van der Waals surface area (Å²) in [6.45, 7) is 0. The molecule has 0 saturated heterocycles. The molecule has 0 aliphatic heterocycles. The molecule has 0 fully saturated rings. The molecule has 0 atom stereocenters. The highest BCUT2D eigenvalue weighted by molar-refractivity contribution is 9.10. The van der Waals surface area contributed by atoms with Gasteiger partial charge < -0.3 is 4.98 Å². The van der Waals surface area contributed by atoms with Crippen molar-refractivity contribution in [2.24, 2.45) is 0 Å². The van der Waals surface area contributed by atoms with Crippen molar-refractivity contribution in [3.63, 3.8) is 0 Å². The molecule has 2 aromatic rings. The fourth-order valence-corrected chi connectivity index (χ4v) is 1.40. The zero-order valence-electron chi connectivity index (χ0n) is 6.54. The number of pyridine rings is 2. The summed E-state index contributed by atoms with van der Waals surface area (Å²) in [4.78, 5) is 17.5. The summed E-state index contributed by atoms with van der Waals surface area (Å²) in [5.41, 5.74) is 0.698. The second-order valence-electron chi connectivity index (χ2n) is 2.62. The van der Waals surface area contributed by atoms with Crippen molar-refractivity contribution >= 4 is 40.4 Å². The van der Waals surface area contributed by atoms with Crippen molar-refractivity contribution in [2.45, 2.75) is 0 Å². The normalized spacial score (nSPS) is 10.5. The number of aromatic nitrogens is 2. The van der Waals surface area contributed by atoms with Crippen LogP contribution in [0.2, 0.25) is 0 Å². The average Bonchev–Trinajstić information content (AvgIpc) is 2.08. The lowest BCUT2D eigenvalue weighted by molar-refractivity contribution is 1.24. The van der Waals surface area contributed by atoms with Gasteiger partial charge in [0.05, 0.1) is 0 Å². The number of aromatic amines is 1. The topological polar surface area (TPSA) is 45.8 Å². The Bertz CT molecular complexity index is 523. The van der Waals surface area contributed by atoms with Crippen LogP contribution in [0.1, 0.15) is 0 Å². The molecule has 2 heterocycles. The molecule has 13 heavy (non-hydrogen) atoms. The molecule has 1 N–H and O–H groups in total. The molecule has 2 rings (SSSR count). The Kier molecular flexibility index (Phi) is 1.96. The van der Waals surface area contributed by atoms with E-state index in [-0.39, 0.29) is 5.56 Å². The van der Waals surface area contributed by atoms with Crippen LogP contribution in [0.4, 0.5) is 0 Å². The van der Waals surface area contributed by atoms with Crippen LogP contribution in [-0.2, 0) is 0 Å². The van der Waals surface area contributed by atoms with Crippen LogP contribution in [0.25, 0.3) is 11.0 Å². The first-order valence-electron chi connectivity index (χ1n) is 3.62. The molecule has 3 nitrogen and oxygen atoms in total. The van der Waals surface area contributed by atoms with Gasteiger partial charge in [-0.05, 0) is 28.1 Å². The molecular weight excluding hydrogens is 231 g/mol. The highest BCUT2D eigenvalue weighted by atomic mass is 79.9. The minimum atomic E-state index is -0.179. The summed E-state index contributed by atoms with van der Waals surface area (Å²) in [5, 5.41) is 0.848. The smallest absolute Gasteiger partial charge is 0.249 e. The number of nitrogens with zero attached hydrogens (tertiary/aromatic N) is 1. The van der Waals surface area contributed by atoms with Crippen LogP contribution >= 0.6 is 15.9 Å². The fourth-order valence-electron chi connectivity index (χ4n) is 1.07. The van der Waals surface area contributed by atoms with Crippen molar-refractivity contribution in [1.29, 1.82) is 0 Å². The Labute approximate surface area is 83.7 Å². The van der Waals surface area contributed by atoms with E-state index in [0.717, 1.165) is 9.86 Å². The van der Waals surface area contributed by atoms with Gasteiger partial charge in [0, 0.05) is 21.5 Å². The SMILES string of the molecule is [B]c1nc2[nH]c(=O)ccc2cc1Br. The van der Waals surface area contributed by atoms with Gasteiger partial charge in [0.15, 0.2) is 0 Å². The van der Waals surface area contributed by atoms with Crippen molar-refractivity contribution in [2.75, 3.05) is 0 Å². The van der Waals surface area contributed by atoms with Gasteiger partial charge in [-0.15, -0.1) is 0 Å². The summed E-state index contributed by atoms with van der Waals surface area (Å²) in [6.07, 6.45) is 0. The minimum absolute atomic E-state index is 0.179. The van der Waals surface area contributed by atoms with Crippen molar-refractivity contribution in [1.82, 2.24) is 9.97 Å². The van der Waals surface area contributed by atoms with Gasteiger partial charge in [0.25, 0.3) is 0 Å². The van der Waals surface area contributed by atoms with Crippen LogP contribution in [-0.4, -0.2) is 17.8 Å². The summed E-state index contributed by atoms with van der Waals surface area (Å²) in [5.74, 6) is 0. The van der Waals surface area contributed by atoms with Crippen LogP contribution in [0.5, 0.6) is 0 Å². The van der Waals surface area contributed by atoms with Gasteiger partial charge in [-0.3, -0.25) is 4.79 Å². The predicted octanol–water partition coefficient (Wildman–Crippen LogP) is 0.479. The third-order valence-corrected chi connectivity index (χ3v) is 2.32. The second kappa shape index (κ2) is 2.99. The zero-order chi connectivity index (χ0) is 9.42. The Morgan fingerprint density at radius 1 is 1.46 bits per heavy atom. The maximum atomic E-state index is 10.9. The Morgan fingerprint density at radius 2 is 2.23 bits per heavy atom. The third-order valence-electron chi connectivity index (χ3n) is 1.69. The van der Waals surface area contributed by atoms with E-state index in [2.05, 4.69) is 25.9 Å². The number of hydrogen-bond donors (Lipinski definition) is 1. The molecule has 0 aliphatic rings. The number of fused-ring (bicyclic) bond motifs is 1. The van der Waals surface area contributed by atoms with Crippen molar-refractivity contribution < 1.29 is 0 Å². The molecule has 5 heteroatoms. The molecule has 0 spiro atoms. The molecule has 0 unspecified atom stereocenters. The number of halogens is 1. The third kappa shape index (κ3) is 1.51. The van der Waals surface area contributed by atoms with E-state index in [1.165, 1.54) is 6.07 Å². The van der Waals surface area contributed by atoms with E-state index >= 15 is 0 Å². The Balaban J connectivity index is 2.89. The first kappa shape index (κ1) is 8.50. The van der Waals surface area contributed by atoms with Crippen molar-refractivity contribution in [3.8, 4) is 0 Å². The van der Waals surface area contributed by atoms with E-state index in [4.69, 9.17) is 7.85 Å². The fraction of sp³-hybridized carbons (Fsp3) is 0. The van der Waals surface area contributed by atoms with Crippen molar-refractivity contribution in [3.05, 3.63) is 33.0 Å². The quantitative estimate of drug-likeness (QED) is 0.675. The maximum Gasteiger partial charge on any atom is 0.249 e. The van der Waals surface area contributed by atoms with Crippen LogP contribution in [0.15, 0.2) is 27.5 Å². The zero-order valence-corrected chi connectivity index (χ0v) is 8.13. The van der Waals surface area contributed by atoms with Gasteiger partial charge >= 0.3 is 0 Å². The Morgan fingerprint density at radius 3 is 3.00 bits per heavy atom. The van der Waals surface area contributed by atoms with Gasteiger partial charge in [-0.2, -0.15) is 0 Å². The van der Waals surface area contributed by atoms with Crippen LogP contribution < -0.4 is 11.2 Å². The molecule has 62 valence electrons. The summed E-state index contributed by atoms with van der Waals surface area (Å²) in [6, 6.07) is 4.96. The van der Waals surface area contributed by atoms with Crippen LogP contribution in [0.3, 0.4) is 0 Å². The molecule has 0 aliphatic carbocycles. The molecule has 0 amide bonds. The molecule has 0 bridgehead atoms. The number of hydrogen-bond acceptors (Lipinski definition) is 2. The standard InChI is InChI=1S/C8H4BBrN2O/c9-7-5(10)3-4-1-2-6(13)11-8(4)12-7/h1-3H,(H,11,12,13). The monoisotopic (exact) mass is 234 g/mol. The van der Waals surface area contributed by atoms with Gasteiger partial charge in [0.1, 0.15) is 13.5 Å². The van der Waals surface area contributed by atoms with Gasteiger partial charge in [-0.25, -0.2) is 4.98 Å². The summed E-state index contributed by atoms with van der Waals surface area (Å²) >= 11 is 3.26. The average molecular weight is 235 g/mol. The predicted molar refractivity (Wildman–Crippen MR) is 55.5 cm³/mol. The molecule has 0 saturated carbocycles. The summed E-state index contributed by atoms with van der Waals surface area (Å²) in [7, 11) is 5.56. The van der Waals surface area contributed by atoms with E-state index in [0.29, 0.717) is 11.2 Å². The minimum Gasteiger partial charge on any atom is -0.307 e. The molecule has 2 radical (unpaired) electrons. The lowest BCUT2D eigenvalue weighted by Crippen LogP contribution is -2.13.